The molecule has 23 heavy (non-hydrogen) atoms. The lowest BCUT2D eigenvalue weighted by Crippen LogP contribution is -2.00. The molecule has 0 spiro atoms. The first-order valence-electron chi connectivity index (χ1n) is 7.30. The zero-order valence-electron chi connectivity index (χ0n) is 13.1. The van der Waals surface area contributed by atoms with Gasteiger partial charge in [-0.15, -0.1) is 11.3 Å². The molecule has 122 valence electrons. The Hall–Kier alpha value is -2.34. The summed E-state index contributed by atoms with van der Waals surface area (Å²) in [5.41, 5.74) is 1.53. The summed E-state index contributed by atoms with van der Waals surface area (Å²) in [6, 6.07) is 5.36. The molecule has 0 saturated heterocycles. The maximum absolute atomic E-state index is 10.7. The Kier molecular flexibility index (Phi) is 6.17. The molecule has 0 amide bonds. The van der Waals surface area contributed by atoms with E-state index in [1.165, 1.54) is 6.08 Å². The first-order valence-corrected chi connectivity index (χ1v) is 8.18. The number of rotatable bonds is 8. The van der Waals surface area contributed by atoms with Gasteiger partial charge in [0.15, 0.2) is 0 Å². The monoisotopic (exact) mass is 333 g/mol. The summed E-state index contributed by atoms with van der Waals surface area (Å²) < 4.78 is 11.4. The summed E-state index contributed by atoms with van der Waals surface area (Å²) in [6.07, 6.45) is 3.50. The van der Waals surface area contributed by atoms with Crippen molar-refractivity contribution in [3.05, 3.63) is 45.9 Å². The minimum atomic E-state index is -1.00. The molecule has 6 heteroatoms. The average molecular weight is 333 g/mol. The SMILES string of the molecule is CCCOc1ccc(C=CC(=O)O)c(OCc2csc(C)n2)c1. The van der Waals surface area contributed by atoms with Crippen LogP contribution in [0.4, 0.5) is 0 Å². The number of hydrogen-bond donors (Lipinski definition) is 1. The fourth-order valence-corrected chi connectivity index (χ4v) is 2.47. The Morgan fingerprint density at radius 3 is 2.87 bits per heavy atom. The number of aliphatic carboxylic acids is 1. The molecular formula is C17H19NO4S. The molecule has 1 heterocycles. The number of aryl methyl sites for hydroxylation is 1. The average Bonchev–Trinajstić information content (AvgIpc) is 2.95. The van der Waals surface area contributed by atoms with Gasteiger partial charge < -0.3 is 14.6 Å². The number of aromatic nitrogens is 1. The molecule has 0 radical (unpaired) electrons. The highest BCUT2D eigenvalue weighted by Crippen LogP contribution is 2.27. The highest BCUT2D eigenvalue weighted by molar-refractivity contribution is 7.09. The van der Waals surface area contributed by atoms with Crippen molar-refractivity contribution in [3.63, 3.8) is 0 Å². The van der Waals surface area contributed by atoms with Crippen LogP contribution in [0, 0.1) is 6.92 Å². The molecule has 0 aliphatic carbocycles. The zero-order chi connectivity index (χ0) is 16.7. The Morgan fingerprint density at radius 2 is 2.22 bits per heavy atom. The minimum absolute atomic E-state index is 0.329. The van der Waals surface area contributed by atoms with Crippen LogP contribution in [-0.4, -0.2) is 22.7 Å². The molecule has 0 aliphatic heterocycles. The van der Waals surface area contributed by atoms with E-state index in [0.717, 1.165) is 23.2 Å². The second-order valence-electron chi connectivity index (χ2n) is 4.87. The number of benzene rings is 1. The van der Waals surface area contributed by atoms with Crippen molar-refractivity contribution >= 4 is 23.4 Å². The van der Waals surface area contributed by atoms with Gasteiger partial charge in [0.2, 0.25) is 0 Å². The van der Waals surface area contributed by atoms with E-state index in [2.05, 4.69) is 4.98 Å². The van der Waals surface area contributed by atoms with Crippen molar-refractivity contribution < 1.29 is 19.4 Å². The largest absolute Gasteiger partial charge is 0.493 e. The quantitative estimate of drug-likeness (QED) is 0.742. The van der Waals surface area contributed by atoms with E-state index in [1.807, 2.05) is 19.2 Å². The number of thiazole rings is 1. The lowest BCUT2D eigenvalue weighted by molar-refractivity contribution is -0.131. The number of carbonyl (C=O) groups is 1. The van der Waals surface area contributed by atoms with Gasteiger partial charge in [-0.25, -0.2) is 9.78 Å². The third kappa shape index (κ3) is 5.41. The maximum atomic E-state index is 10.7. The number of carboxylic acid groups (broad SMARTS) is 1. The first-order chi connectivity index (χ1) is 11.1. The predicted molar refractivity (Wildman–Crippen MR) is 90.1 cm³/mol. The van der Waals surface area contributed by atoms with Crippen molar-refractivity contribution in [2.75, 3.05) is 6.61 Å². The summed E-state index contributed by atoms with van der Waals surface area (Å²) in [5, 5.41) is 11.7. The Labute approximate surface area is 139 Å². The number of nitrogens with zero attached hydrogens (tertiary/aromatic N) is 1. The van der Waals surface area contributed by atoms with Crippen LogP contribution in [0.15, 0.2) is 29.7 Å². The Morgan fingerprint density at radius 1 is 1.39 bits per heavy atom. The van der Waals surface area contributed by atoms with Crippen LogP contribution in [0.3, 0.4) is 0 Å². The second kappa shape index (κ2) is 8.33. The van der Waals surface area contributed by atoms with Gasteiger partial charge in [0.1, 0.15) is 18.1 Å². The van der Waals surface area contributed by atoms with Gasteiger partial charge in [0.05, 0.1) is 17.3 Å². The van der Waals surface area contributed by atoms with Crippen LogP contribution in [0.1, 0.15) is 29.6 Å². The fraction of sp³-hybridized carbons (Fsp3) is 0.294. The van der Waals surface area contributed by atoms with Crippen LogP contribution >= 0.6 is 11.3 Å². The Bertz CT molecular complexity index is 694. The van der Waals surface area contributed by atoms with Crippen LogP contribution < -0.4 is 9.47 Å². The normalized spacial score (nSPS) is 10.9. The van der Waals surface area contributed by atoms with Gasteiger partial charge in [-0.3, -0.25) is 0 Å². The van der Waals surface area contributed by atoms with Gasteiger partial charge >= 0.3 is 5.97 Å². The third-order valence-electron chi connectivity index (χ3n) is 2.91. The van der Waals surface area contributed by atoms with E-state index in [0.29, 0.717) is 30.3 Å². The summed E-state index contributed by atoms with van der Waals surface area (Å²) in [4.78, 5) is 15.1. The van der Waals surface area contributed by atoms with Gasteiger partial charge in [-0.2, -0.15) is 0 Å². The van der Waals surface area contributed by atoms with Crippen molar-refractivity contribution in [2.45, 2.75) is 26.9 Å². The molecule has 0 aliphatic rings. The Balaban J connectivity index is 2.18. The van der Waals surface area contributed by atoms with Crippen LogP contribution in [0.5, 0.6) is 11.5 Å². The molecule has 1 aromatic heterocycles. The van der Waals surface area contributed by atoms with E-state index >= 15 is 0 Å². The molecule has 0 saturated carbocycles. The summed E-state index contributed by atoms with van der Waals surface area (Å²) in [6.45, 7) is 4.92. The van der Waals surface area contributed by atoms with Gasteiger partial charge in [0, 0.05) is 23.1 Å². The van der Waals surface area contributed by atoms with E-state index < -0.39 is 5.97 Å². The van der Waals surface area contributed by atoms with E-state index in [4.69, 9.17) is 14.6 Å². The van der Waals surface area contributed by atoms with Crippen LogP contribution in [0.25, 0.3) is 6.08 Å². The lowest BCUT2D eigenvalue weighted by atomic mass is 10.1. The van der Waals surface area contributed by atoms with Crippen LogP contribution in [-0.2, 0) is 11.4 Å². The van der Waals surface area contributed by atoms with Crippen molar-refractivity contribution in [1.29, 1.82) is 0 Å². The second-order valence-corrected chi connectivity index (χ2v) is 5.93. The zero-order valence-corrected chi connectivity index (χ0v) is 13.9. The molecule has 0 unspecified atom stereocenters. The summed E-state index contributed by atoms with van der Waals surface area (Å²) in [5.74, 6) is 0.267. The van der Waals surface area contributed by atoms with Gasteiger partial charge in [-0.1, -0.05) is 6.92 Å². The lowest BCUT2D eigenvalue weighted by Gasteiger charge is -2.11. The van der Waals surface area contributed by atoms with Gasteiger partial charge in [0.25, 0.3) is 0 Å². The van der Waals surface area contributed by atoms with Crippen molar-refractivity contribution in [1.82, 2.24) is 4.98 Å². The minimum Gasteiger partial charge on any atom is -0.493 e. The highest BCUT2D eigenvalue weighted by Gasteiger charge is 2.07. The third-order valence-corrected chi connectivity index (χ3v) is 3.73. The smallest absolute Gasteiger partial charge is 0.328 e. The fourth-order valence-electron chi connectivity index (χ4n) is 1.87. The molecule has 2 aromatic rings. The molecule has 1 N–H and O–H groups in total. The number of hydrogen-bond acceptors (Lipinski definition) is 5. The topological polar surface area (TPSA) is 68.7 Å². The van der Waals surface area contributed by atoms with Gasteiger partial charge in [-0.05, 0) is 31.6 Å². The molecule has 2 rings (SSSR count). The molecule has 0 bridgehead atoms. The molecular weight excluding hydrogens is 314 g/mol. The molecule has 0 fully saturated rings. The van der Waals surface area contributed by atoms with Crippen LogP contribution in [0.2, 0.25) is 0 Å². The van der Waals surface area contributed by atoms with E-state index in [1.54, 1.807) is 29.5 Å². The molecule has 0 atom stereocenters. The molecule has 5 nitrogen and oxygen atoms in total. The van der Waals surface area contributed by atoms with E-state index in [9.17, 15) is 4.79 Å². The highest BCUT2D eigenvalue weighted by atomic mass is 32.1. The predicted octanol–water partition coefficient (Wildman–Crippen LogP) is 3.92. The van der Waals surface area contributed by atoms with Crippen molar-refractivity contribution in [2.24, 2.45) is 0 Å². The van der Waals surface area contributed by atoms with E-state index in [-0.39, 0.29) is 0 Å². The standard InChI is InChI=1S/C17H19NO4S/c1-3-8-21-15-6-4-13(5-7-17(19)20)16(9-15)22-10-14-11-23-12(2)18-14/h4-7,9,11H,3,8,10H2,1-2H3,(H,19,20). The number of carboxylic acids is 1. The summed E-state index contributed by atoms with van der Waals surface area (Å²) in [7, 11) is 0. The number of ether oxygens (including phenoxy) is 2. The maximum Gasteiger partial charge on any atom is 0.328 e. The van der Waals surface area contributed by atoms with Crippen molar-refractivity contribution in [3.8, 4) is 11.5 Å². The first kappa shape index (κ1) is 17.0. The summed E-state index contributed by atoms with van der Waals surface area (Å²) >= 11 is 1.56. The molecule has 1 aromatic carbocycles.